The van der Waals surface area contributed by atoms with Crippen LogP contribution in [0.4, 0.5) is 0 Å². The van der Waals surface area contributed by atoms with Crippen LogP contribution >= 0.6 is 23.8 Å². The first-order chi connectivity index (χ1) is 12.0. The van der Waals surface area contributed by atoms with Crippen LogP contribution in [0.2, 0.25) is 5.02 Å². The van der Waals surface area contributed by atoms with Crippen LogP contribution in [-0.2, 0) is 16.1 Å². The molecule has 6 heteroatoms. The van der Waals surface area contributed by atoms with Crippen molar-refractivity contribution in [1.29, 1.82) is 0 Å². The Hall–Kier alpha value is -2.37. The maximum atomic E-state index is 12.7. The van der Waals surface area contributed by atoms with E-state index in [1.54, 1.807) is 6.07 Å². The van der Waals surface area contributed by atoms with Gasteiger partial charge in [-0.25, -0.2) is 4.79 Å². The van der Waals surface area contributed by atoms with E-state index in [1.165, 1.54) is 0 Å². The highest BCUT2D eigenvalue weighted by Crippen LogP contribution is 2.29. The number of esters is 1. The van der Waals surface area contributed by atoms with Crippen LogP contribution in [0.5, 0.6) is 0 Å². The average molecular weight is 373 g/mol. The Labute approximate surface area is 156 Å². The van der Waals surface area contributed by atoms with Gasteiger partial charge in [-0.15, -0.1) is 0 Å². The zero-order valence-electron chi connectivity index (χ0n) is 13.6. The average Bonchev–Trinajstić information content (AvgIpc) is 2.60. The van der Waals surface area contributed by atoms with Gasteiger partial charge in [-0.3, -0.25) is 0 Å². The van der Waals surface area contributed by atoms with Crippen molar-refractivity contribution >= 4 is 34.9 Å². The summed E-state index contributed by atoms with van der Waals surface area (Å²) in [6.45, 7) is 2.02. The van der Waals surface area contributed by atoms with Gasteiger partial charge in [0.25, 0.3) is 0 Å². The zero-order chi connectivity index (χ0) is 17.8. The maximum absolute atomic E-state index is 12.7. The number of ether oxygens (including phenoxy) is 1. The summed E-state index contributed by atoms with van der Waals surface area (Å²) in [6.07, 6.45) is 0. The third kappa shape index (κ3) is 4.18. The Kier molecular flexibility index (Phi) is 5.36. The topological polar surface area (TPSA) is 50.4 Å². The third-order valence-corrected chi connectivity index (χ3v) is 4.34. The predicted molar refractivity (Wildman–Crippen MR) is 102 cm³/mol. The van der Waals surface area contributed by atoms with Crippen molar-refractivity contribution in [1.82, 2.24) is 10.6 Å². The minimum atomic E-state index is -0.407. The second-order valence-electron chi connectivity index (χ2n) is 5.69. The minimum absolute atomic E-state index is 0.211. The first-order valence-electron chi connectivity index (χ1n) is 7.79. The van der Waals surface area contributed by atoms with E-state index < -0.39 is 12.0 Å². The first kappa shape index (κ1) is 17.5. The van der Waals surface area contributed by atoms with E-state index in [-0.39, 0.29) is 6.61 Å². The lowest BCUT2D eigenvalue weighted by atomic mass is 9.96. The summed E-state index contributed by atoms with van der Waals surface area (Å²) in [5, 5.41) is 7.17. The van der Waals surface area contributed by atoms with Crippen LogP contribution < -0.4 is 10.6 Å². The molecule has 0 spiro atoms. The quantitative estimate of drug-likeness (QED) is 0.630. The monoisotopic (exact) mass is 372 g/mol. The van der Waals surface area contributed by atoms with E-state index in [9.17, 15) is 4.79 Å². The van der Waals surface area contributed by atoms with Gasteiger partial charge in [0.2, 0.25) is 0 Å². The molecule has 128 valence electrons. The maximum Gasteiger partial charge on any atom is 0.338 e. The molecule has 4 nitrogen and oxygen atoms in total. The minimum Gasteiger partial charge on any atom is -0.457 e. The van der Waals surface area contributed by atoms with Gasteiger partial charge in [0, 0.05) is 10.7 Å². The Morgan fingerprint density at radius 3 is 2.68 bits per heavy atom. The molecule has 0 saturated heterocycles. The van der Waals surface area contributed by atoms with Crippen molar-refractivity contribution in [2.75, 3.05) is 0 Å². The molecule has 1 heterocycles. The highest BCUT2D eigenvalue weighted by Gasteiger charge is 2.31. The fourth-order valence-corrected chi connectivity index (χ4v) is 3.17. The van der Waals surface area contributed by atoms with Gasteiger partial charge in [-0.05, 0) is 42.4 Å². The Balaban J connectivity index is 1.85. The van der Waals surface area contributed by atoms with E-state index in [2.05, 4.69) is 10.6 Å². The van der Waals surface area contributed by atoms with E-state index in [0.29, 0.717) is 21.4 Å². The Morgan fingerprint density at radius 2 is 1.96 bits per heavy atom. The summed E-state index contributed by atoms with van der Waals surface area (Å²) in [4.78, 5) is 12.7. The molecule has 1 aliphatic heterocycles. The SMILES string of the molecule is CC1=C(C(=O)OCc2ccccc2)C(c2cccc(Cl)c2)NC(=S)N1. The van der Waals surface area contributed by atoms with Crippen LogP contribution in [-0.4, -0.2) is 11.1 Å². The van der Waals surface area contributed by atoms with Crippen molar-refractivity contribution in [3.8, 4) is 0 Å². The van der Waals surface area contributed by atoms with E-state index >= 15 is 0 Å². The highest BCUT2D eigenvalue weighted by molar-refractivity contribution is 7.80. The van der Waals surface area contributed by atoms with Crippen LogP contribution in [0.1, 0.15) is 24.1 Å². The molecule has 0 radical (unpaired) electrons. The summed E-state index contributed by atoms with van der Waals surface area (Å²) in [5.41, 5.74) is 2.95. The van der Waals surface area contributed by atoms with Crippen molar-refractivity contribution in [2.45, 2.75) is 19.6 Å². The molecule has 0 aliphatic carbocycles. The third-order valence-electron chi connectivity index (χ3n) is 3.88. The largest absolute Gasteiger partial charge is 0.457 e. The molecule has 3 rings (SSSR count). The van der Waals surface area contributed by atoms with Crippen molar-refractivity contribution < 1.29 is 9.53 Å². The van der Waals surface area contributed by atoms with Crippen LogP contribution in [0.3, 0.4) is 0 Å². The number of rotatable bonds is 4. The highest BCUT2D eigenvalue weighted by atomic mass is 35.5. The molecule has 2 aromatic carbocycles. The first-order valence-corrected chi connectivity index (χ1v) is 8.58. The molecule has 0 bridgehead atoms. The molecule has 2 N–H and O–H groups in total. The summed E-state index contributed by atoms with van der Waals surface area (Å²) in [6, 6.07) is 16.5. The predicted octanol–water partition coefficient (Wildman–Crippen LogP) is 3.88. The number of nitrogens with one attached hydrogen (secondary N) is 2. The number of hydrogen-bond acceptors (Lipinski definition) is 3. The fourth-order valence-electron chi connectivity index (χ4n) is 2.70. The molecule has 1 aliphatic rings. The summed E-state index contributed by atoms with van der Waals surface area (Å²) in [7, 11) is 0. The summed E-state index contributed by atoms with van der Waals surface area (Å²) in [5.74, 6) is -0.395. The van der Waals surface area contributed by atoms with Gasteiger partial charge in [-0.2, -0.15) is 0 Å². The molecule has 0 fully saturated rings. The van der Waals surface area contributed by atoms with Gasteiger partial charge in [0.1, 0.15) is 6.61 Å². The molecule has 1 unspecified atom stereocenters. The van der Waals surface area contributed by atoms with Gasteiger partial charge in [-0.1, -0.05) is 54.1 Å². The van der Waals surface area contributed by atoms with E-state index in [0.717, 1.165) is 11.1 Å². The lowest BCUT2D eigenvalue weighted by Crippen LogP contribution is -2.45. The van der Waals surface area contributed by atoms with Gasteiger partial charge < -0.3 is 15.4 Å². The fraction of sp³-hybridized carbons (Fsp3) is 0.158. The number of thiocarbonyl (C=S) groups is 1. The van der Waals surface area contributed by atoms with Gasteiger partial charge in [0.05, 0.1) is 11.6 Å². The van der Waals surface area contributed by atoms with E-state index in [1.807, 2.05) is 55.5 Å². The zero-order valence-corrected chi connectivity index (χ0v) is 15.2. The lowest BCUT2D eigenvalue weighted by Gasteiger charge is -2.30. The number of carbonyl (C=O) groups excluding carboxylic acids is 1. The molecule has 2 aromatic rings. The summed E-state index contributed by atoms with van der Waals surface area (Å²) < 4.78 is 5.50. The van der Waals surface area contributed by atoms with Crippen LogP contribution in [0, 0.1) is 0 Å². The number of halogens is 1. The lowest BCUT2D eigenvalue weighted by molar-refractivity contribution is -0.140. The number of benzene rings is 2. The van der Waals surface area contributed by atoms with Crippen molar-refractivity contribution in [2.24, 2.45) is 0 Å². The van der Waals surface area contributed by atoms with E-state index in [4.69, 9.17) is 28.6 Å². The van der Waals surface area contributed by atoms with Crippen LogP contribution in [0.25, 0.3) is 0 Å². The van der Waals surface area contributed by atoms with Crippen molar-refractivity contribution in [3.63, 3.8) is 0 Å². The molecule has 0 aromatic heterocycles. The standard InChI is InChI=1S/C19H17ClN2O2S/c1-12-16(18(23)24-11-13-6-3-2-4-7-13)17(22-19(25)21-12)14-8-5-9-15(20)10-14/h2-10,17H,11H2,1H3,(H2,21,22,25). The summed E-state index contributed by atoms with van der Waals surface area (Å²) >= 11 is 11.3. The number of allylic oxidation sites excluding steroid dienone is 1. The smallest absolute Gasteiger partial charge is 0.338 e. The molecular formula is C19H17ClN2O2S. The molecular weight excluding hydrogens is 356 g/mol. The van der Waals surface area contributed by atoms with Crippen molar-refractivity contribution in [3.05, 3.63) is 82.0 Å². The number of hydrogen-bond donors (Lipinski definition) is 2. The Morgan fingerprint density at radius 1 is 1.20 bits per heavy atom. The molecule has 1 atom stereocenters. The van der Waals surface area contributed by atoms with Gasteiger partial charge in [0.15, 0.2) is 5.11 Å². The Bertz CT molecular complexity index is 836. The number of carbonyl (C=O) groups is 1. The second kappa shape index (κ2) is 7.68. The molecule has 0 saturated carbocycles. The van der Waals surface area contributed by atoms with Gasteiger partial charge >= 0.3 is 5.97 Å². The molecule has 25 heavy (non-hydrogen) atoms. The second-order valence-corrected chi connectivity index (χ2v) is 6.53. The molecule has 0 amide bonds. The normalized spacial score (nSPS) is 16.9. The van der Waals surface area contributed by atoms with Crippen LogP contribution in [0.15, 0.2) is 65.9 Å².